The van der Waals surface area contributed by atoms with Crippen LogP contribution in [0.15, 0.2) is 18.2 Å². The van der Waals surface area contributed by atoms with Gasteiger partial charge in [-0.2, -0.15) is 0 Å². The first kappa shape index (κ1) is 14.7. The topological polar surface area (TPSA) is 75.8 Å². The Morgan fingerprint density at radius 1 is 1.50 bits per heavy atom. The molecule has 0 heterocycles. The highest BCUT2D eigenvalue weighted by atomic mass is 16.5. The van der Waals surface area contributed by atoms with Crippen molar-refractivity contribution in [3.63, 3.8) is 0 Å². The van der Waals surface area contributed by atoms with E-state index in [9.17, 15) is 9.90 Å². The maximum Gasteiger partial charge on any atom is 0.340 e. The summed E-state index contributed by atoms with van der Waals surface area (Å²) in [6, 6.07) is 5.38. The van der Waals surface area contributed by atoms with Crippen LogP contribution in [0.1, 0.15) is 30.1 Å². The van der Waals surface area contributed by atoms with Gasteiger partial charge < -0.3 is 20.5 Å². The van der Waals surface area contributed by atoms with Gasteiger partial charge in [0, 0.05) is 13.6 Å². The summed E-state index contributed by atoms with van der Waals surface area (Å²) in [5, 5.41) is 9.33. The van der Waals surface area contributed by atoms with Crippen LogP contribution in [0.2, 0.25) is 0 Å². The maximum absolute atomic E-state index is 11.8. The SMILES string of the molecule is CCOC(=O)c1cccc(N(C)CC2CC(O)C2)c1N. The number of esters is 1. The fourth-order valence-electron chi connectivity index (χ4n) is 2.61. The molecule has 5 heteroatoms. The van der Waals surface area contributed by atoms with Crippen LogP contribution in [-0.4, -0.2) is 37.4 Å². The number of rotatable bonds is 5. The van der Waals surface area contributed by atoms with E-state index in [0.29, 0.717) is 23.8 Å². The van der Waals surface area contributed by atoms with Crippen LogP contribution >= 0.6 is 0 Å². The van der Waals surface area contributed by atoms with Gasteiger partial charge >= 0.3 is 5.97 Å². The summed E-state index contributed by atoms with van der Waals surface area (Å²) >= 11 is 0. The molecule has 1 aliphatic rings. The Morgan fingerprint density at radius 2 is 2.20 bits per heavy atom. The van der Waals surface area contributed by atoms with E-state index in [-0.39, 0.29) is 12.1 Å². The van der Waals surface area contributed by atoms with E-state index in [1.807, 2.05) is 24.1 Å². The van der Waals surface area contributed by atoms with Crippen molar-refractivity contribution in [2.75, 3.05) is 30.8 Å². The molecule has 0 aromatic heterocycles. The number of nitrogen functional groups attached to an aromatic ring is 1. The van der Waals surface area contributed by atoms with Crippen molar-refractivity contribution in [2.24, 2.45) is 5.92 Å². The number of anilines is 2. The number of hydrogen-bond donors (Lipinski definition) is 2. The monoisotopic (exact) mass is 278 g/mol. The smallest absolute Gasteiger partial charge is 0.340 e. The molecule has 0 atom stereocenters. The molecule has 1 aromatic carbocycles. The number of carbonyl (C=O) groups excluding carboxylic acids is 1. The molecule has 0 spiro atoms. The van der Waals surface area contributed by atoms with Crippen molar-refractivity contribution in [3.05, 3.63) is 23.8 Å². The summed E-state index contributed by atoms with van der Waals surface area (Å²) in [6.45, 7) is 2.93. The quantitative estimate of drug-likeness (QED) is 0.632. The third-order valence-electron chi connectivity index (χ3n) is 3.73. The number of aliphatic hydroxyl groups is 1. The normalized spacial score (nSPS) is 21.1. The zero-order chi connectivity index (χ0) is 14.7. The van der Waals surface area contributed by atoms with E-state index < -0.39 is 0 Å². The second-order valence-electron chi connectivity index (χ2n) is 5.33. The molecule has 1 aromatic rings. The fourth-order valence-corrected chi connectivity index (χ4v) is 2.61. The van der Waals surface area contributed by atoms with E-state index in [0.717, 1.165) is 25.1 Å². The highest BCUT2D eigenvalue weighted by molar-refractivity contribution is 5.98. The molecule has 1 aliphatic carbocycles. The summed E-state index contributed by atoms with van der Waals surface area (Å²) in [6.07, 6.45) is 1.51. The first-order valence-corrected chi connectivity index (χ1v) is 6.97. The van der Waals surface area contributed by atoms with Crippen molar-refractivity contribution in [1.82, 2.24) is 0 Å². The minimum Gasteiger partial charge on any atom is -0.462 e. The van der Waals surface area contributed by atoms with E-state index in [1.165, 1.54) is 0 Å². The van der Waals surface area contributed by atoms with Crippen LogP contribution < -0.4 is 10.6 Å². The van der Waals surface area contributed by atoms with Crippen molar-refractivity contribution < 1.29 is 14.6 Å². The van der Waals surface area contributed by atoms with Crippen LogP contribution in [0.3, 0.4) is 0 Å². The van der Waals surface area contributed by atoms with Gasteiger partial charge in [0.15, 0.2) is 0 Å². The molecule has 0 aliphatic heterocycles. The van der Waals surface area contributed by atoms with Crippen LogP contribution in [0.25, 0.3) is 0 Å². The Balaban J connectivity index is 2.11. The highest BCUT2D eigenvalue weighted by Gasteiger charge is 2.28. The van der Waals surface area contributed by atoms with Crippen molar-refractivity contribution in [1.29, 1.82) is 0 Å². The van der Waals surface area contributed by atoms with Gasteiger partial charge in [-0.1, -0.05) is 6.07 Å². The maximum atomic E-state index is 11.8. The number of nitrogens with two attached hydrogens (primary N) is 1. The van der Waals surface area contributed by atoms with Crippen LogP contribution in [0.5, 0.6) is 0 Å². The lowest BCUT2D eigenvalue weighted by Gasteiger charge is -2.35. The molecule has 0 amide bonds. The van der Waals surface area contributed by atoms with Gasteiger partial charge in [0.25, 0.3) is 0 Å². The predicted molar refractivity (Wildman–Crippen MR) is 78.8 cm³/mol. The fraction of sp³-hybridized carbons (Fsp3) is 0.533. The number of para-hydroxylation sites is 1. The van der Waals surface area contributed by atoms with Crippen LogP contribution in [0, 0.1) is 5.92 Å². The second-order valence-corrected chi connectivity index (χ2v) is 5.33. The van der Waals surface area contributed by atoms with Gasteiger partial charge in [0.1, 0.15) is 0 Å². The number of ether oxygens (including phenoxy) is 1. The van der Waals surface area contributed by atoms with Gasteiger partial charge in [-0.15, -0.1) is 0 Å². The first-order chi connectivity index (χ1) is 9.52. The number of carbonyl (C=O) groups is 1. The van der Waals surface area contributed by atoms with Gasteiger partial charge in [0.2, 0.25) is 0 Å². The molecule has 0 saturated heterocycles. The zero-order valence-corrected chi connectivity index (χ0v) is 12.0. The number of nitrogens with zero attached hydrogens (tertiary/aromatic N) is 1. The first-order valence-electron chi connectivity index (χ1n) is 6.97. The van der Waals surface area contributed by atoms with Gasteiger partial charge in [-0.3, -0.25) is 0 Å². The van der Waals surface area contributed by atoms with Gasteiger partial charge in [-0.05, 0) is 37.8 Å². The third kappa shape index (κ3) is 3.04. The third-order valence-corrected chi connectivity index (χ3v) is 3.73. The molecule has 2 rings (SSSR count). The van der Waals surface area contributed by atoms with Crippen LogP contribution in [0.4, 0.5) is 11.4 Å². The van der Waals surface area contributed by atoms with Crippen molar-refractivity contribution >= 4 is 17.3 Å². The zero-order valence-electron chi connectivity index (χ0n) is 12.0. The Bertz CT molecular complexity index is 484. The number of hydrogen-bond acceptors (Lipinski definition) is 5. The number of aliphatic hydroxyl groups excluding tert-OH is 1. The molecule has 1 fully saturated rings. The van der Waals surface area contributed by atoms with E-state index in [1.54, 1.807) is 13.0 Å². The lowest BCUT2D eigenvalue weighted by molar-refractivity contribution is 0.0465. The molecular formula is C15H22N2O3. The molecule has 0 unspecified atom stereocenters. The van der Waals surface area contributed by atoms with Gasteiger partial charge in [-0.25, -0.2) is 4.79 Å². The summed E-state index contributed by atoms with van der Waals surface area (Å²) in [5.74, 6) is 0.0972. The molecule has 1 saturated carbocycles. The highest BCUT2D eigenvalue weighted by Crippen LogP contribution is 2.32. The van der Waals surface area contributed by atoms with Crippen LogP contribution in [-0.2, 0) is 4.74 Å². The average molecular weight is 278 g/mol. The Hall–Kier alpha value is -1.75. The largest absolute Gasteiger partial charge is 0.462 e. The molecule has 20 heavy (non-hydrogen) atoms. The second kappa shape index (κ2) is 6.13. The van der Waals surface area contributed by atoms with Gasteiger partial charge in [0.05, 0.1) is 29.6 Å². The molecule has 0 radical (unpaired) electrons. The van der Waals surface area contributed by atoms with Crippen molar-refractivity contribution in [2.45, 2.75) is 25.9 Å². The summed E-state index contributed by atoms with van der Waals surface area (Å²) in [7, 11) is 1.95. The average Bonchev–Trinajstić information content (AvgIpc) is 2.37. The predicted octanol–water partition coefficient (Wildman–Crippen LogP) is 1.65. The lowest BCUT2D eigenvalue weighted by Crippen LogP contribution is -2.37. The Morgan fingerprint density at radius 3 is 2.80 bits per heavy atom. The van der Waals surface area contributed by atoms with Crippen molar-refractivity contribution in [3.8, 4) is 0 Å². The molecule has 5 nitrogen and oxygen atoms in total. The number of benzene rings is 1. The Kier molecular flexibility index (Phi) is 4.49. The molecular weight excluding hydrogens is 256 g/mol. The minimum absolute atomic E-state index is 0.156. The summed E-state index contributed by atoms with van der Waals surface area (Å²) in [5.41, 5.74) is 7.78. The summed E-state index contributed by atoms with van der Waals surface area (Å²) < 4.78 is 5.00. The van der Waals surface area contributed by atoms with E-state index in [4.69, 9.17) is 10.5 Å². The minimum atomic E-state index is -0.390. The molecule has 0 bridgehead atoms. The lowest BCUT2D eigenvalue weighted by atomic mass is 9.82. The Labute approximate surface area is 119 Å². The standard InChI is InChI=1S/C15H22N2O3/c1-3-20-15(19)12-5-4-6-13(14(12)16)17(2)9-10-7-11(18)8-10/h4-6,10-11,18H,3,7-9,16H2,1-2H3. The summed E-state index contributed by atoms with van der Waals surface area (Å²) in [4.78, 5) is 13.9. The molecule has 3 N–H and O–H groups in total. The van der Waals surface area contributed by atoms with E-state index in [2.05, 4.69) is 0 Å². The molecule has 110 valence electrons. The van der Waals surface area contributed by atoms with E-state index >= 15 is 0 Å².